The second-order valence-corrected chi connectivity index (χ2v) is 13.7. The molecule has 2 aromatic carbocycles. The molecule has 0 unspecified atom stereocenters. The van der Waals surface area contributed by atoms with Crippen LogP contribution in [-0.2, 0) is 30.5 Å². The smallest absolute Gasteiger partial charge is 0.195 e. The van der Waals surface area contributed by atoms with E-state index < -0.39 is 11.6 Å². The Labute approximate surface area is 273 Å². The largest absolute Gasteiger partial charge is 0.355 e. The van der Waals surface area contributed by atoms with Crippen molar-refractivity contribution in [2.75, 3.05) is 26.4 Å². The molecule has 2 saturated heterocycles. The van der Waals surface area contributed by atoms with E-state index in [2.05, 4.69) is 55.2 Å². The molecule has 0 saturated carbocycles. The number of unbranched alkanes of at least 4 members (excludes halogenated alkanes) is 16. The van der Waals surface area contributed by atoms with Crippen LogP contribution in [0.3, 0.4) is 0 Å². The molecule has 1 N–H and O–H groups in total. The standard InChI is InChI=1S/C40H61NO4/c1-3-5-7-9-11-13-15-17-19-25-39(42-27-28-43-39)33-21-23-37-35(31-33)36-32-34(22-24-38(36)41-37)40(44-29-30-45-40)26-20-18-16-14-12-10-8-6-4-2/h21-24,31-32,41H,3-20,25-30H2,1-2H3. The predicted molar refractivity (Wildman–Crippen MR) is 187 cm³/mol. The molecule has 0 amide bonds. The highest BCUT2D eigenvalue weighted by Gasteiger charge is 2.39. The number of H-pyrrole nitrogens is 1. The first-order valence-electron chi connectivity index (χ1n) is 18.8. The maximum atomic E-state index is 6.38. The Balaban J connectivity index is 1.23. The van der Waals surface area contributed by atoms with Crippen LogP contribution in [-0.4, -0.2) is 31.4 Å². The Morgan fingerprint density at radius 1 is 0.467 bits per heavy atom. The number of rotatable bonds is 22. The van der Waals surface area contributed by atoms with Crippen LogP contribution in [0, 0.1) is 0 Å². The van der Waals surface area contributed by atoms with Gasteiger partial charge in [-0.1, -0.05) is 129 Å². The number of ether oxygens (including phenoxy) is 4. The monoisotopic (exact) mass is 619 g/mol. The lowest BCUT2D eigenvalue weighted by molar-refractivity contribution is -0.172. The maximum absolute atomic E-state index is 6.38. The topological polar surface area (TPSA) is 52.7 Å². The number of hydrogen-bond donors (Lipinski definition) is 1. The van der Waals surface area contributed by atoms with E-state index >= 15 is 0 Å². The van der Waals surface area contributed by atoms with Gasteiger partial charge in [-0.25, -0.2) is 0 Å². The molecule has 0 radical (unpaired) electrons. The highest BCUT2D eigenvalue weighted by atomic mass is 16.7. The molecule has 5 nitrogen and oxygen atoms in total. The zero-order valence-electron chi connectivity index (χ0n) is 28.6. The Hall–Kier alpha value is -1.92. The molecular weight excluding hydrogens is 558 g/mol. The molecule has 0 aliphatic carbocycles. The predicted octanol–water partition coefficient (Wildman–Crippen LogP) is 11.6. The fourth-order valence-corrected chi connectivity index (χ4v) is 7.53. The molecule has 1 aromatic heterocycles. The minimum Gasteiger partial charge on any atom is -0.355 e. The Morgan fingerprint density at radius 2 is 0.800 bits per heavy atom. The summed E-state index contributed by atoms with van der Waals surface area (Å²) in [5, 5.41) is 2.43. The molecule has 3 aromatic rings. The van der Waals surface area contributed by atoms with E-state index in [0.29, 0.717) is 26.4 Å². The van der Waals surface area contributed by atoms with Gasteiger partial charge in [-0.2, -0.15) is 0 Å². The van der Waals surface area contributed by atoms with Gasteiger partial charge in [-0.15, -0.1) is 0 Å². The first kappa shape index (κ1) is 34.4. The fraction of sp³-hybridized carbons (Fsp3) is 0.700. The molecule has 3 heterocycles. The van der Waals surface area contributed by atoms with Crippen molar-refractivity contribution < 1.29 is 18.9 Å². The lowest BCUT2D eigenvalue weighted by Crippen LogP contribution is -2.27. The van der Waals surface area contributed by atoms with Crippen molar-refractivity contribution in [3.63, 3.8) is 0 Å². The van der Waals surface area contributed by atoms with Crippen molar-refractivity contribution in [1.82, 2.24) is 4.98 Å². The van der Waals surface area contributed by atoms with Crippen molar-refractivity contribution >= 4 is 21.8 Å². The quantitative estimate of drug-likeness (QED) is 0.114. The summed E-state index contributed by atoms with van der Waals surface area (Å²) in [4.78, 5) is 3.64. The third-order valence-corrected chi connectivity index (χ3v) is 10.2. The zero-order valence-corrected chi connectivity index (χ0v) is 28.6. The Morgan fingerprint density at radius 3 is 1.16 bits per heavy atom. The fourth-order valence-electron chi connectivity index (χ4n) is 7.53. The van der Waals surface area contributed by atoms with Gasteiger partial charge >= 0.3 is 0 Å². The summed E-state index contributed by atoms with van der Waals surface area (Å²) in [5.74, 6) is -1.27. The summed E-state index contributed by atoms with van der Waals surface area (Å²) in [6.07, 6.45) is 25.5. The summed E-state index contributed by atoms with van der Waals surface area (Å²) in [7, 11) is 0. The van der Waals surface area contributed by atoms with Gasteiger partial charge in [0.2, 0.25) is 0 Å². The average molecular weight is 620 g/mol. The summed E-state index contributed by atoms with van der Waals surface area (Å²) >= 11 is 0. The number of fused-ring (bicyclic) bond motifs is 3. The van der Waals surface area contributed by atoms with E-state index in [1.165, 1.54) is 114 Å². The highest BCUT2D eigenvalue weighted by Crippen LogP contribution is 2.42. The van der Waals surface area contributed by atoms with Crippen molar-refractivity contribution in [1.29, 1.82) is 0 Å². The van der Waals surface area contributed by atoms with Gasteiger partial charge in [0.15, 0.2) is 11.6 Å². The minimum atomic E-state index is -0.634. The lowest BCUT2D eigenvalue weighted by Gasteiger charge is -2.28. The number of nitrogens with one attached hydrogen (secondary N) is 1. The van der Waals surface area contributed by atoms with E-state index in [-0.39, 0.29) is 0 Å². The van der Waals surface area contributed by atoms with Crippen LogP contribution in [0.2, 0.25) is 0 Å². The first-order valence-corrected chi connectivity index (χ1v) is 18.8. The summed E-state index contributed by atoms with van der Waals surface area (Å²) in [6.45, 7) is 7.19. The van der Waals surface area contributed by atoms with Crippen LogP contribution in [0.5, 0.6) is 0 Å². The molecule has 0 bridgehead atoms. The number of benzene rings is 2. The first-order chi connectivity index (χ1) is 22.2. The van der Waals surface area contributed by atoms with E-state index in [1.54, 1.807) is 0 Å². The second-order valence-electron chi connectivity index (χ2n) is 13.7. The molecule has 5 heteroatoms. The molecule has 250 valence electrons. The number of aromatic nitrogens is 1. The molecule has 0 spiro atoms. The number of aromatic amines is 1. The van der Waals surface area contributed by atoms with E-state index in [9.17, 15) is 0 Å². The van der Waals surface area contributed by atoms with Crippen molar-refractivity contribution in [2.24, 2.45) is 0 Å². The molecule has 2 aliphatic heterocycles. The maximum Gasteiger partial charge on any atom is 0.195 e. The Kier molecular flexibility index (Phi) is 13.6. The molecule has 5 rings (SSSR count). The van der Waals surface area contributed by atoms with Crippen molar-refractivity contribution in [3.05, 3.63) is 47.5 Å². The third-order valence-electron chi connectivity index (χ3n) is 10.2. The third kappa shape index (κ3) is 9.12. The molecule has 45 heavy (non-hydrogen) atoms. The van der Waals surface area contributed by atoms with Gasteiger partial charge < -0.3 is 23.9 Å². The molecular formula is C40H61NO4. The van der Waals surface area contributed by atoms with Crippen LogP contribution in [0.15, 0.2) is 36.4 Å². The minimum absolute atomic E-state index is 0.634. The molecule has 2 fully saturated rings. The van der Waals surface area contributed by atoms with Gasteiger partial charge in [-0.05, 0) is 37.1 Å². The average Bonchev–Trinajstić information content (AvgIpc) is 3.82. The highest BCUT2D eigenvalue weighted by molar-refractivity contribution is 6.07. The van der Waals surface area contributed by atoms with Gasteiger partial charge in [-0.3, -0.25) is 0 Å². The van der Waals surface area contributed by atoms with Crippen LogP contribution in [0.4, 0.5) is 0 Å². The van der Waals surface area contributed by atoms with Gasteiger partial charge in [0.05, 0.1) is 26.4 Å². The van der Waals surface area contributed by atoms with E-state index in [0.717, 1.165) is 47.8 Å². The van der Waals surface area contributed by atoms with Crippen LogP contribution < -0.4 is 0 Å². The number of hydrogen-bond acceptors (Lipinski definition) is 4. The van der Waals surface area contributed by atoms with Gasteiger partial charge in [0.1, 0.15) is 0 Å². The van der Waals surface area contributed by atoms with Crippen LogP contribution in [0.25, 0.3) is 21.8 Å². The SMILES string of the molecule is CCCCCCCCCCCC1(c2ccc3[nH]c4ccc(C5(CCCCCCCCCCC)OCCO5)cc4c3c2)OCCO1. The van der Waals surface area contributed by atoms with E-state index in [4.69, 9.17) is 18.9 Å². The summed E-state index contributed by atoms with van der Waals surface area (Å²) in [5.41, 5.74) is 4.55. The molecule has 2 aliphatic rings. The Bertz CT molecular complexity index is 1170. The van der Waals surface area contributed by atoms with Gasteiger partial charge in [0.25, 0.3) is 0 Å². The van der Waals surface area contributed by atoms with Crippen molar-refractivity contribution in [3.8, 4) is 0 Å². The zero-order chi connectivity index (χ0) is 31.2. The second kappa shape index (κ2) is 17.8. The van der Waals surface area contributed by atoms with Gasteiger partial charge in [0, 0.05) is 45.8 Å². The van der Waals surface area contributed by atoms with Crippen molar-refractivity contribution in [2.45, 2.75) is 154 Å². The normalized spacial score (nSPS) is 17.6. The summed E-state index contributed by atoms with van der Waals surface area (Å²) in [6, 6.07) is 13.4. The van der Waals surface area contributed by atoms with E-state index in [1.807, 2.05) is 0 Å². The lowest BCUT2D eigenvalue weighted by atomic mass is 9.94. The summed E-state index contributed by atoms with van der Waals surface area (Å²) < 4.78 is 25.5. The van der Waals surface area contributed by atoms with Crippen LogP contribution in [0.1, 0.15) is 153 Å². The molecule has 0 atom stereocenters. The van der Waals surface area contributed by atoms with Crippen LogP contribution >= 0.6 is 0 Å².